The van der Waals surface area contributed by atoms with Crippen LogP contribution in [0.1, 0.15) is 30.3 Å². The molecule has 0 aliphatic carbocycles. The highest BCUT2D eigenvalue weighted by Crippen LogP contribution is 2.17. The molecule has 1 aliphatic heterocycles. The van der Waals surface area contributed by atoms with Crippen LogP contribution < -0.4 is 10.6 Å². The average molecular weight is 553 g/mol. The minimum absolute atomic E-state index is 0. The van der Waals surface area contributed by atoms with Gasteiger partial charge in [-0.1, -0.05) is 37.3 Å². The number of nitrogens with zero attached hydrogens (tertiary/aromatic N) is 4. The highest BCUT2D eigenvalue weighted by atomic mass is 127. The van der Waals surface area contributed by atoms with Crippen LogP contribution in [0.4, 0.5) is 0 Å². The molecule has 8 heteroatoms. The van der Waals surface area contributed by atoms with E-state index < -0.39 is 0 Å². The lowest BCUT2D eigenvalue weighted by molar-refractivity contribution is -0.127. The van der Waals surface area contributed by atoms with Crippen molar-refractivity contribution in [3.63, 3.8) is 0 Å². The van der Waals surface area contributed by atoms with Gasteiger partial charge in [0, 0.05) is 57.8 Å². The number of hydrogen-bond donors (Lipinski definition) is 2. The molecule has 0 saturated carbocycles. The summed E-state index contributed by atoms with van der Waals surface area (Å²) in [6.07, 6.45) is 1.51. The van der Waals surface area contributed by atoms with Crippen LogP contribution in [0.15, 0.2) is 41.4 Å². The van der Waals surface area contributed by atoms with Gasteiger partial charge < -0.3 is 15.5 Å². The number of aromatic nitrogens is 2. The number of nitrogens with one attached hydrogen (secondary N) is 2. The Hall–Kier alpha value is -2.10. The number of carbonyl (C=O) groups is 1. The van der Waals surface area contributed by atoms with E-state index in [1.165, 1.54) is 11.3 Å². The first-order valence-electron chi connectivity index (χ1n) is 11.2. The first-order chi connectivity index (χ1) is 14.9. The Morgan fingerprint density at radius 2 is 2.00 bits per heavy atom. The Bertz CT molecular complexity index is 882. The third-order valence-electron chi connectivity index (χ3n) is 5.80. The van der Waals surface area contributed by atoms with Crippen molar-refractivity contribution in [3.05, 3.63) is 53.3 Å². The Kier molecular flexibility index (Phi) is 10.5. The second-order valence-electron chi connectivity index (χ2n) is 8.69. The fourth-order valence-corrected chi connectivity index (χ4v) is 4.07. The lowest BCUT2D eigenvalue weighted by atomic mass is 10.1. The van der Waals surface area contributed by atoms with Gasteiger partial charge in [-0.25, -0.2) is 0 Å². The smallest absolute Gasteiger partial charge is 0.223 e. The summed E-state index contributed by atoms with van der Waals surface area (Å²) in [7, 11) is 1.78. The zero-order valence-corrected chi connectivity index (χ0v) is 22.0. The van der Waals surface area contributed by atoms with E-state index >= 15 is 0 Å². The maximum Gasteiger partial charge on any atom is 0.223 e. The Morgan fingerprint density at radius 1 is 1.25 bits per heavy atom. The highest BCUT2D eigenvalue weighted by Gasteiger charge is 2.29. The van der Waals surface area contributed by atoms with Gasteiger partial charge in [-0.2, -0.15) is 5.10 Å². The van der Waals surface area contributed by atoms with Crippen molar-refractivity contribution >= 4 is 35.8 Å². The van der Waals surface area contributed by atoms with Crippen molar-refractivity contribution in [3.8, 4) is 0 Å². The average Bonchev–Trinajstić information content (AvgIpc) is 3.27. The van der Waals surface area contributed by atoms with E-state index in [0.717, 1.165) is 50.8 Å². The van der Waals surface area contributed by atoms with Crippen molar-refractivity contribution in [1.29, 1.82) is 0 Å². The summed E-state index contributed by atoms with van der Waals surface area (Å²) in [5, 5.41) is 11.3. The summed E-state index contributed by atoms with van der Waals surface area (Å²) in [6, 6.07) is 12.4. The molecule has 1 aliphatic rings. The van der Waals surface area contributed by atoms with Crippen LogP contribution >= 0.6 is 24.0 Å². The maximum atomic E-state index is 12.4. The largest absolute Gasteiger partial charge is 0.356 e. The van der Waals surface area contributed by atoms with Crippen molar-refractivity contribution in [2.24, 2.45) is 16.8 Å². The van der Waals surface area contributed by atoms with Crippen LogP contribution in [-0.2, 0) is 17.8 Å². The van der Waals surface area contributed by atoms with E-state index in [2.05, 4.69) is 57.5 Å². The quantitative estimate of drug-likeness (QED) is 0.285. The molecule has 32 heavy (non-hydrogen) atoms. The predicted molar refractivity (Wildman–Crippen MR) is 140 cm³/mol. The van der Waals surface area contributed by atoms with E-state index in [-0.39, 0.29) is 29.9 Å². The van der Waals surface area contributed by atoms with Crippen LogP contribution in [0.2, 0.25) is 0 Å². The number of guanidine groups is 1. The fourth-order valence-electron chi connectivity index (χ4n) is 4.07. The van der Waals surface area contributed by atoms with Crippen molar-refractivity contribution in [1.82, 2.24) is 25.3 Å². The monoisotopic (exact) mass is 552 g/mol. The number of benzene rings is 1. The standard InChI is InChI=1S/C24H36N6O.HI/c1-18(16-30-20(3)12-19(2)28-30)14-26-24(25-4)27-15-22-13-23(31)29(17-22)11-10-21-8-6-5-7-9-21;/h5-9,12,18,22H,10-11,13-17H2,1-4H3,(H2,25,26,27);1H. The molecular weight excluding hydrogens is 515 g/mol. The summed E-state index contributed by atoms with van der Waals surface area (Å²) in [4.78, 5) is 18.7. The van der Waals surface area contributed by atoms with Crippen molar-refractivity contribution in [2.75, 3.05) is 33.2 Å². The zero-order chi connectivity index (χ0) is 22.2. The van der Waals surface area contributed by atoms with E-state index in [1.807, 2.05) is 30.0 Å². The van der Waals surface area contributed by atoms with Gasteiger partial charge in [-0.3, -0.25) is 14.5 Å². The Labute approximate surface area is 209 Å². The molecule has 0 radical (unpaired) electrons. The van der Waals surface area contributed by atoms with Gasteiger partial charge in [0.1, 0.15) is 0 Å². The Morgan fingerprint density at radius 3 is 2.66 bits per heavy atom. The lowest BCUT2D eigenvalue weighted by Crippen LogP contribution is -2.42. The number of carbonyl (C=O) groups excluding carboxylic acids is 1. The van der Waals surface area contributed by atoms with E-state index in [0.29, 0.717) is 18.3 Å². The minimum atomic E-state index is 0. The molecule has 0 spiro atoms. The van der Waals surface area contributed by atoms with Crippen LogP contribution in [-0.4, -0.2) is 59.8 Å². The minimum Gasteiger partial charge on any atom is -0.356 e. The molecular formula is C24H37IN6O. The van der Waals surface area contributed by atoms with E-state index in [9.17, 15) is 4.79 Å². The normalized spacial score (nSPS) is 17.2. The topological polar surface area (TPSA) is 74.5 Å². The molecule has 1 aromatic heterocycles. The first kappa shape index (κ1) is 26.2. The first-order valence-corrected chi connectivity index (χ1v) is 11.2. The summed E-state index contributed by atoms with van der Waals surface area (Å²) in [5.74, 6) is 1.77. The third kappa shape index (κ3) is 7.79. The van der Waals surface area contributed by atoms with Gasteiger partial charge in [0.15, 0.2) is 5.96 Å². The van der Waals surface area contributed by atoms with Gasteiger partial charge in [0.05, 0.1) is 5.69 Å². The number of rotatable bonds is 9. The summed E-state index contributed by atoms with van der Waals surface area (Å²) in [6.45, 7) is 10.3. The van der Waals surface area contributed by atoms with Gasteiger partial charge in [-0.05, 0) is 37.8 Å². The predicted octanol–water partition coefficient (Wildman–Crippen LogP) is 3.01. The van der Waals surface area contributed by atoms with E-state index in [4.69, 9.17) is 0 Å². The van der Waals surface area contributed by atoms with Crippen molar-refractivity contribution in [2.45, 2.75) is 40.2 Å². The molecule has 7 nitrogen and oxygen atoms in total. The molecule has 1 saturated heterocycles. The second-order valence-corrected chi connectivity index (χ2v) is 8.69. The van der Waals surface area contributed by atoms with Crippen LogP contribution in [0.25, 0.3) is 0 Å². The Balaban J connectivity index is 0.00000363. The summed E-state index contributed by atoms with van der Waals surface area (Å²) in [5.41, 5.74) is 3.52. The summed E-state index contributed by atoms with van der Waals surface area (Å²) < 4.78 is 2.06. The number of aryl methyl sites for hydroxylation is 2. The molecule has 176 valence electrons. The van der Waals surface area contributed by atoms with Crippen LogP contribution in [0.5, 0.6) is 0 Å². The third-order valence-corrected chi connectivity index (χ3v) is 5.80. The molecule has 2 atom stereocenters. The number of hydrogen-bond acceptors (Lipinski definition) is 3. The maximum absolute atomic E-state index is 12.4. The molecule has 0 bridgehead atoms. The molecule has 2 unspecified atom stereocenters. The molecule has 2 heterocycles. The molecule has 1 fully saturated rings. The van der Waals surface area contributed by atoms with Crippen LogP contribution in [0, 0.1) is 25.7 Å². The fraction of sp³-hybridized carbons (Fsp3) is 0.542. The summed E-state index contributed by atoms with van der Waals surface area (Å²) >= 11 is 0. The van der Waals surface area contributed by atoms with Crippen molar-refractivity contribution < 1.29 is 4.79 Å². The number of halogens is 1. The molecule has 1 aromatic carbocycles. The molecule has 3 rings (SSSR count). The van der Waals surface area contributed by atoms with Gasteiger partial charge in [-0.15, -0.1) is 24.0 Å². The van der Waals surface area contributed by atoms with Gasteiger partial charge >= 0.3 is 0 Å². The number of amides is 1. The van der Waals surface area contributed by atoms with Gasteiger partial charge in [0.2, 0.25) is 5.91 Å². The SMILES string of the molecule is CN=C(NCC(C)Cn1nc(C)cc1C)NCC1CC(=O)N(CCc2ccccc2)C1.I. The molecule has 2 aromatic rings. The van der Waals surface area contributed by atoms with Gasteiger partial charge in [0.25, 0.3) is 0 Å². The number of aliphatic imine (C=N–C) groups is 1. The zero-order valence-electron chi connectivity index (χ0n) is 19.7. The molecule has 1 amide bonds. The second kappa shape index (κ2) is 12.8. The lowest BCUT2D eigenvalue weighted by Gasteiger charge is -2.19. The highest BCUT2D eigenvalue weighted by molar-refractivity contribution is 14.0. The molecule has 2 N–H and O–H groups in total. The van der Waals surface area contributed by atoms with Crippen LogP contribution in [0.3, 0.4) is 0 Å². The van der Waals surface area contributed by atoms with E-state index in [1.54, 1.807) is 7.05 Å². The number of likely N-dealkylation sites (tertiary alicyclic amines) is 1.